The smallest absolute Gasteiger partial charge is 0.355 e. The summed E-state index contributed by atoms with van der Waals surface area (Å²) < 4.78 is 5.22. The first-order valence-corrected chi connectivity index (χ1v) is 6.36. The summed E-state index contributed by atoms with van der Waals surface area (Å²) in [5.41, 5.74) is -0.187. The van der Waals surface area contributed by atoms with Gasteiger partial charge in [-0.25, -0.2) is 0 Å². The van der Waals surface area contributed by atoms with Crippen molar-refractivity contribution in [2.24, 2.45) is 0 Å². The number of carboxylic acids is 1. The van der Waals surface area contributed by atoms with Gasteiger partial charge >= 0.3 is 11.7 Å². The molecule has 1 aromatic rings. The number of carboxylic acid groups (broad SMARTS) is 1. The van der Waals surface area contributed by atoms with Gasteiger partial charge in [0.25, 0.3) is 0 Å². The maximum atomic E-state index is 11.6. The Morgan fingerprint density at radius 3 is 2.57 bits per heavy atom. The van der Waals surface area contributed by atoms with Gasteiger partial charge in [-0.1, -0.05) is 36.4 Å². The minimum Gasteiger partial charge on any atom is -0.481 e. The third-order valence-electron chi connectivity index (χ3n) is 3.47. The molecule has 0 radical (unpaired) electrons. The number of ether oxygens (including phenoxy) is 1. The maximum Gasteiger partial charge on any atom is 0.355 e. The monoisotopic (exact) mass is 289 g/mol. The molecule has 0 aliphatic heterocycles. The van der Waals surface area contributed by atoms with Gasteiger partial charge in [0, 0.05) is 7.11 Å². The van der Waals surface area contributed by atoms with Crippen LogP contribution in [0.15, 0.2) is 48.1 Å². The minimum absolute atomic E-state index is 0.0798. The maximum absolute atomic E-state index is 11.6. The van der Waals surface area contributed by atoms with E-state index in [2.05, 4.69) is 0 Å². The lowest BCUT2D eigenvalue weighted by molar-refractivity contribution is -0.605. The van der Waals surface area contributed by atoms with Crippen molar-refractivity contribution in [3.63, 3.8) is 0 Å². The van der Waals surface area contributed by atoms with Crippen molar-refractivity contribution in [2.75, 3.05) is 7.11 Å². The fourth-order valence-corrected chi connectivity index (χ4v) is 2.47. The molecule has 0 aromatic heterocycles. The van der Waals surface area contributed by atoms with Gasteiger partial charge in [-0.05, 0) is 17.2 Å². The first-order chi connectivity index (χ1) is 9.99. The largest absolute Gasteiger partial charge is 0.481 e. The Hall–Kier alpha value is -2.47. The summed E-state index contributed by atoms with van der Waals surface area (Å²) in [6, 6.07) is 8.91. The summed E-state index contributed by atoms with van der Waals surface area (Å²) in [7, 11) is 1.27. The van der Waals surface area contributed by atoms with Crippen molar-refractivity contribution >= 4 is 11.5 Å². The van der Waals surface area contributed by atoms with E-state index in [0.717, 1.165) is 0 Å². The third kappa shape index (κ3) is 2.85. The normalized spacial score (nSPS) is 21.4. The topological polar surface area (TPSA) is 89.7 Å². The molecule has 21 heavy (non-hydrogen) atoms. The van der Waals surface area contributed by atoms with Crippen LogP contribution in [0.5, 0.6) is 0 Å². The molecule has 1 N–H and O–H groups in total. The van der Waals surface area contributed by atoms with Crippen LogP contribution in [0.3, 0.4) is 0 Å². The highest BCUT2D eigenvalue weighted by molar-refractivity contribution is 5.76. The van der Waals surface area contributed by atoms with Crippen LogP contribution in [-0.2, 0) is 9.53 Å². The van der Waals surface area contributed by atoms with Gasteiger partial charge in [0.1, 0.15) is 0 Å². The Labute approximate surface area is 121 Å². The lowest BCUT2D eigenvalue weighted by atomic mass is 9.84. The molecule has 0 saturated carbocycles. The first-order valence-electron chi connectivity index (χ1n) is 6.36. The SMILES string of the molecule is COC1([N+](=O)[O-])CC(CC(=O)O)=CC=C1c1ccccc1. The van der Waals surface area contributed by atoms with Crippen LogP contribution in [0.4, 0.5) is 0 Å². The average molecular weight is 289 g/mol. The van der Waals surface area contributed by atoms with Gasteiger partial charge < -0.3 is 9.84 Å². The number of nitro groups is 1. The van der Waals surface area contributed by atoms with Gasteiger partial charge in [0.05, 0.1) is 23.3 Å². The van der Waals surface area contributed by atoms with Gasteiger partial charge in [-0.15, -0.1) is 0 Å². The Balaban J connectivity index is 2.51. The summed E-state index contributed by atoms with van der Waals surface area (Å²) >= 11 is 0. The number of carbonyl (C=O) groups is 1. The Kier molecular flexibility index (Phi) is 4.18. The average Bonchev–Trinajstić information content (AvgIpc) is 2.47. The first kappa shape index (κ1) is 14.9. The van der Waals surface area contributed by atoms with Gasteiger partial charge in [-0.2, -0.15) is 0 Å². The molecule has 6 nitrogen and oxygen atoms in total. The van der Waals surface area contributed by atoms with E-state index >= 15 is 0 Å². The summed E-state index contributed by atoms with van der Waals surface area (Å²) in [5, 5.41) is 20.4. The molecular formula is C15H15NO5. The molecule has 1 unspecified atom stereocenters. The second-order valence-corrected chi connectivity index (χ2v) is 4.76. The van der Waals surface area contributed by atoms with Crippen molar-refractivity contribution in [1.29, 1.82) is 0 Å². The van der Waals surface area contributed by atoms with E-state index < -0.39 is 16.6 Å². The zero-order valence-electron chi connectivity index (χ0n) is 11.5. The number of hydrogen-bond donors (Lipinski definition) is 1. The molecule has 1 atom stereocenters. The molecule has 0 heterocycles. The molecule has 0 saturated heterocycles. The highest BCUT2D eigenvalue weighted by atomic mass is 16.7. The molecule has 6 heteroatoms. The minimum atomic E-state index is -1.75. The van der Waals surface area contributed by atoms with Crippen LogP contribution < -0.4 is 0 Å². The third-order valence-corrected chi connectivity index (χ3v) is 3.47. The number of allylic oxidation sites excluding steroid dienone is 2. The second-order valence-electron chi connectivity index (χ2n) is 4.76. The molecule has 0 spiro atoms. The molecule has 2 rings (SSSR count). The van der Waals surface area contributed by atoms with Crippen molar-refractivity contribution in [2.45, 2.75) is 18.6 Å². The fraction of sp³-hybridized carbons (Fsp3) is 0.267. The molecule has 0 amide bonds. The van der Waals surface area contributed by atoms with Crippen LogP contribution in [0.25, 0.3) is 5.57 Å². The van der Waals surface area contributed by atoms with Crippen molar-refractivity contribution in [1.82, 2.24) is 0 Å². The van der Waals surface area contributed by atoms with Crippen molar-refractivity contribution in [3.8, 4) is 0 Å². The number of methoxy groups -OCH3 is 1. The van der Waals surface area contributed by atoms with Crippen LogP contribution in [0.2, 0.25) is 0 Å². The number of aliphatic carboxylic acids is 1. The quantitative estimate of drug-likeness (QED) is 0.511. The molecule has 0 bridgehead atoms. The van der Waals surface area contributed by atoms with E-state index in [1.807, 2.05) is 6.07 Å². The van der Waals surface area contributed by atoms with Crippen molar-refractivity contribution in [3.05, 3.63) is 63.7 Å². The van der Waals surface area contributed by atoms with E-state index in [9.17, 15) is 14.9 Å². The second kappa shape index (κ2) is 5.88. The number of benzene rings is 1. The predicted octanol–water partition coefficient (Wildman–Crippen LogP) is 2.49. The fourth-order valence-electron chi connectivity index (χ4n) is 2.47. The van der Waals surface area contributed by atoms with E-state index in [1.165, 1.54) is 7.11 Å². The molecular weight excluding hydrogens is 274 g/mol. The van der Waals surface area contributed by atoms with Crippen molar-refractivity contribution < 1.29 is 19.6 Å². The standard InChI is InChI=1S/C15H15NO5/c1-21-15(16(19)20)10-11(9-14(17)18)7-8-13(15)12-5-3-2-4-6-12/h2-8H,9-10H2,1H3,(H,17,18). The predicted molar refractivity (Wildman–Crippen MR) is 76.1 cm³/mol. The van der Waals surface area contributed by atoms with E-state index in [1.54, 1.807) is 36.4 Å². The Bertz CT molecular complexity index is 620. The molecule has 110 valence electrons. The molecule has 1 aliphatic rings. The molecule has 0 fully saturated rings. The number of nitrogens with zero attached hydrogens (tertiary/aromatic N) is 1. The summed E-state index contributed by atoms with van der Waals surface area (Å²) in [5.74, 6) is -1.02. The van der Waals surface area contributed by atoms with E-state index in [-0.39, 0.29) is 12.8 Å². The molecule has 1 aliphatic carbocycles. The zero-order chi connectivity index (χ0) is 15.5. The van der Waals surface area contributed by atoms with E-state index in [0.29, 0.717) is 16.7 Å². The number of hydrogen-bond acceptors (Lipinski definition) is 4. The van der Waals surface area contributed by atoms with Crippen LogP contribution in [-0.4, -0.2) is 28.8 Å². The Morgan fingerprint density at radius 1 is 1.38 bits per heavy atom. The lowest BCUT2D eigenvalue weighted by Gasteiger charge is -2.29. The van der Waals surface area contributed by atoms with E-state index in [4.69, 9.17) is 9.84 Å². The highest BCUT2D eigenvalue weighted by Crippen LogP contribution is 2.39. The molecule has 1 aromatic carbocycles. The van der Waals surface area contributed by atoms with Crippen LogP contribution in [0.1, 0.15) is 18.4 Å². The van der Waals surface area contributed by atoms with Gasteiger partial charge in [0.2, 0.25) is 0 Å². The summed E-state index contributed by atoms with van der Waals surface area (Å²) in [6.45, 7) is 0. The Morgan fingerprint density at radius 2 is 2.05 bits per heavy atom. The van der Waals surface area contributed by atoms with Crippen LogP contribution >= 0.6 is 0 Å². The summed E-state index contributed by atoms with van der Waals surface area (Å²) in [4.78, 5) is 21.9. The van der Waals surface area contributed by atoms with Gasteiger partial charge in [-0.3, -0.25) is 14.9 Å². The highest BCUT2D eigenvalue weighted by Gasteiger charge is 2.49. The lowest BCUT2D eigenvalue weighted by Crippen LogP contribution is -2.43. The van der Waals surface area contributed by atoms with Gasteiger partial charge in [0.15, 0.2) is 0 Å². The number of rotatable bonds is 5. The van der Waals surface area contributed by atoms with Crippen LogP contribution in [0, 0.1) is 10.1 Å². The zero-order valence-corrected chi connectivity index (χ0v) is 11.5. The summed E-state index contributed by atoms with van der Waals surface area (Å²) in [6.07, 6.45) is 2.88.